The Morgan fingerprint density at radius 1 is 1.13 bits per heavy atom. The van der Waals surface area contributed by atoms with E-state index in [2.05, 4.69) is 5.32 Å². The van der Waals surface area contributed by atoms with Crippen molar-refractivity contribution in [2.45, 2.75) is 25.1 Å². The minimum Gasteiger partial charge on any atom is -0.342 e. The summed E-state index contributed by atoms with van der Waals surface area (Å²) in [5, 5.41) is 3.75. The molecule has 0 aliphatic carbocycles. The minimum absolute atomic E-state index is 0.0594. The molecule has 1 aliphatic heterocycles. The highest BCUT2D eigenvalue weighted by Gasteiger charge is 2.32. The number of carbonyl (C=O) groups is 2. The molecule has 162 valence electrons. The van der Waals surface area contributed by atoms with Gasteiger partial charge in [0.25, 0.3) is 5.91 Å². The van der Waals surface area contributed by atoms with Gasteiger partial charge in [0.2, 0.25) is 5.91 Å². The fraction of sp³-hybridized carbons (Fsp3) is 0.304. The topological polar surface area (TPSA) is 54.3 Å². The van der Waals surface area contributed by atoms with Crippen molar-refractivity contribution < 1.29 is 22.8 Å². The second-order valence-corrected chi connectivity index (χ2v) is 7.74. The van der Waals surface area contributed by atoms with Gasteiger partial charge in [0, 0.05) is 37.5 Å². The van der Waals surface area contributed by atoms with Crippen molar-refractivity contribution in [3.8, 4) is 0 Å². The van der Waals surface area contributed by atoms with E-state index in [0.29, 0.717) is 30.6 Å². The molecule has 1 saturated heterocycles. The third-order valence-corrected chi connectivity index (χ3v) is 5.68. The van der Waals surface area contributed by atoms with Gasteiger partial charge < -0.3 is 14.8 Å². The molecule has 1 fully saturated rings. The van der Waals surface area contributed by atoms with E-state index in [1.165, 1.54) is 6.07 Å². The van der Waals surface area contributed by atoms with Crippen molar-refractivity contribution in [1.29, 1.82) is 0 Å². The number of aromatic nitrogens is 1. The number of nitrogens with zero attached hydrogens (tertiary/aromatic N) is 2. The Bertz CT molecular complexity index is 1140. The van der Waals surface area contributed by atoms with Gasteiger partial charge in [-0.25, -0.2) is 0 Å². The number of hydrogen-bond donors (Lipinski definition) is 1. The normalized spacial score (nSPS) is 15.5. The van der Waals surface area contributed by atoms with Crippen molar-refractivity contribution in [2.75, 3.05) is 13.1 Å². The van der Waals surface area contributed by atoms with Crippen LogP contribution >= 0.6 is 0 Å². The quantitative estimate of drug-likeness (QED) is 0.658. The lowest BCUT2D eigenvalue weighted by atomic mass is 10.0. The van der Waals surface area contributed by atoms with E-state index in [0.717, 1.165) is 23.0 Å². The van der Waals surface area contributed by atoms with Gasteiger partial charge in [0.05, 0.1) is 11.6 Å². The van der Waals surface area contributed by atoms with Gasteiger partial charge in [-0.3, -0.25) is 9.59 Å². The molecule has 31 heavy (non-hydrogen) atoms. The van der Waals surface area contributed by atoms with Gasteiger partial charge in [0.15, 0.2) is 0 Å². The lowest BCUT2D eigenvalue weighted by Gasteiger charge is -2.26. The maximum absolute atomic E-state index is 13.2. The third kappa shape index (κ3) is 4.28. The summed E-state index contributed by atoms with van der Waals surface area (Å²) in [7, 11) is 1.76. The second-order valence-electron chi connectivity index (χ2n) is 7.74. The molecular formula is C23H22F3N3O2. The highest BCUT2D eigenvalue weighted by atomic mass is 19.4. The summed E-state index contributed by atoms with van der Waals surface area (Å²) in [6, 6.07) is 13.4. The number of fused-ring (bicyclic) bond motifs is 1. The first kappa shape index (κ1) is 21.0. The molecule has 5 nitrogen and oxygen atoms in total. The van der Waals surface area contributed by atoms with Crippen LogP contribution in [0.4, 0.5) is 13.2 Å². The van der Waals surface area contributed by atoms with E-state index in [4.69, 9.17) is 0 Å². The number of para-hydroxylation sites is 1. The molecule has 1 unspecified atom stereocenters. The summed E-state index contributed by atoms with van der Waals surface area (Å²) < 4.78 is 41.5. The first-order chi connectivity index (χ1) is 14.7. The summed E-state index contributed by atoms with van der Waals surface area (Å²) in [5.41, 5.74) is 0.784. The van der Waals surface area contributed by atoms with E-state index in [1.807, 2.05) is 24.3 Å². The molecule has 0 spiro atoms. The molecule has 8 heteroatoms. The molecule has 3 aromatic rings. The molecule has 1 N–H and O–H groups in total. The molecule has 0 saturated carbocycles. The predicted octanol–water partition coefficient (Wildman–Crippen LogP) is 4.29. The SMILES string of the molecule is Cn1c(C(=O)NC(CN2CCCC2=O)c2cccc(C(F)(F)F)c2)cc2ccccc21. The summed E-state index contributed by atoms with van der Waals surface area (Å²) in [6.45, 7) is 0.647. The maximum atomic E-state index is 13.2. The fourth-order valence-corrected chi connectivity index (χ4v) is 4.02. The van der Waals surface area contributed by atoms with Crippen LogP contribution in [0, 0.1) is 0 Å². The van der Waals surface area contributed by atoms with Crippen LogP contribution in [0.1, 0.15) is 40.5 Å². The van der Waals surface area contributed by atoms with Gasteiger partial charge in [0.1, 0.15) is 5.69 Å². The van der Waals surface area contributed by atoms with E-state index in [9.17, 15) is 22.8 Å². The molecular weight excluding hydrogens is 407 g/mol. The Morgan fingerprint density at radius 3 is 2.58 bits per heavy atom. The summed E-state index contributed by atoms with van der Waals surface area (Å²) in [6.07, 6.45) is -3.39. The third-order valence-electron chi connectivity index (χ3n) is 5.68. The Balaban J connectivity index is 1.66. The molecule has 1 aromatic heterocycles. The number of amides is 2. The van der Waals surface area contributed by atoms with Crippen LogP contribution in [0.2, 0.25) is 0 Å². The van der Waals surface area contributed by atoms with E-state index < -0.39 is 23.7 Å². The van der Waals surface area contributed by atoms with Gasteiger partial charge in [-0.05, 0) is 36.2 Å². The number of halogens is 3. The summed E-state index contributed by atoms with van der Waals surface area (Å²) >= 11 is 0. The largest absolute Gasteiger partial charge is 0.416 e. The number of likely N-dealkylation sites (tertiary alicyclic amines) is 1. The van der Waals surface area contributed by atoms with Crippen LogP contribution < -0.4 is 5.32 Å². The van der Waals surface area contributed by atoms with Crippen LogP contribution in [0.15, 0.2) is 54.6 Å². The molecule has 4 rings (SSSR count). The van der Waals surface area contributed by atoms with E-state index in [-0.39, 0.29) is 12.5 Å². The van der Waals surface area contributed by atoms with Gasteiger partial charge >= 0.3 is 6.18 Å². The van der Waals surface area contributed by atoms with E-state index >= 15 is 0 Å². The zero-order chi connectivity index (χ0) is 22.2. The smallest absolute Gasteiger partial charge is 0.342 e. The first-order valence-corrected chi connectivity index (χ1v) is 10.0. The molecule has 1 atom stereocenters. The van der Waals surface area contributed by atoms with Crippen molar-refractivity contribution in [1.82, 2.24) is 14.8 Å². The fourth-order valence-electron chi connectivity index (χ4n) is 4.02. The Kier molecular flexibility index (Phi) is 5.47. The Labute approximate surface area is 177 Å². The zero-order valence-electron chi connectivity index (χ0n) is 16.9. The molecule has 1 aliphatic rings. The number of carbonyl (C=O) groups excluding carboxylic acids is 2. The number of hydrogen-bond acceptors (Lipinski definition) is 2. The lowest BCUT2D eigenvalue weighted by Crippen LogP contribution is -2.39. The molecule has 2 heterocycles. The Morgan fingerprint density at radius 2 is 1.90 bits per heavy atom. The van der Waals surface area contributed by atoms with Gasteiger partial charge in [-0.2, -0.15) is 13.2 Å². The van der Waals surface area contributed by atoms with Crippen LogP contribution in [0.3, 0.4) is 0 Å². The maximum Gasteiger partial charge on any atom is 0.416 e. The summed E-state index contributed by atoms with van der Waals surface area (Å²) in [5.74, 6) is -0.469. The Hall–Kier alpha value is -3.29. The second kappa shape index (κ2) is 8.09. The number of benzene rings is 2. The molecule has 0 bridgehead atoms. The van der Waals surface area contributed by atoms with Gasteiger partial charge in [-0.15, -0.1) is 0 Å². The van der Waals surface area contributed by atoms with Crippen molar-refractivity contribution in [3.63, 3.8) is 0 Å². The first-order valence-electron chi connectivity index (χ1n) is 10.0. The highest BCUT2D eigenvalue weighted by Crippen LogP contribution is 2.31. The number of aryl methyl sites for hydroxylation is 1. The van der Waals surface area contributed by atoms with Crippen molar-refractivity contribution in [2.24, 2.45) is 7.05 Å². The zero-order valence-corrected chi connectivity index (χ0v) is 16.9. The molecule has 2 amide bonds. The van der Waals surface area contributed by atoms with Crippen LogP contribution in [0.25, 0.3) is 10.9 Å². The minimum atomic E-state index is -4.50. The van der Waals surface area contributed by atoms with Crippen molar-refractivity contribution in [3.05, 3.63) is 71.4 Å². The van der Waals surface area contributed by atoms with Crippen LogP contribution in [-0.4, -0.2) is 34.4 Å². The summed E-state index contributed by atoms with van der Waals surface area (Å²) in [4.78, 5) is 26.8. The highest BCUT2D eigenvalue weighted by molar-refractivity contribution is 5.99. The monoisotopic (exact) mass is 429 g/mol. The average Bonchev–Trinajstić information content (AvgIpc) is 3.30. The molecule has 0 radical (unpaired) electrons. The average molecular weight is 429 g/mol. The number of alkyl halides is 3. The standard InChI is InChI=1S/C23H22F3N3O2/c1-28-19-9-3-2-6-16(19)13-20(28)22(31)27-18(14-29-11-5-10-21(29)30)15-7-4-8-17(12-15)23(24,25)26/h2-4,6-9,12-13,18H,5,10-11,14H2,1H3,(H,27,31). The lowest BCUT2D eigenvalue weighted by molar-refractivity contribution is -0.137. The van der Waals surface area contributed by atoms with Crippen LogP contribution in [-0.2, 0) is 18.0 Å². The van der Waals surface area contributed by atoms with Crippen LogP contribution in [0.5, 0.6) is 0 Å². The van der Waals surface area contributed by atoms with Gasteiger partial charge in [-0.1, -0.05) is 30.3 Å². The predicted molar refractivity (Wildman–Crippen MR) is 110 cm³/mol. The number of nitrogens with one attached hydrogen (secondary N) is 1. The number of rotatable bonds is 5. The molecule has 2 aromatic carbocycles. The van der Waals surface area contributed by atoms with Crippen molar-refractivity contribution >= 4 is 22.7 Å². The van der Waals surface area contributed by atoms with E-state index in [1.54, 1.807) is 28.6 Å².